The Morgan fingerprint density at radius 3 is 2.73 bits per heavy atom. The first-order valence-electron chi connectivity index (χ1n) is 11.7. The van der Waals surface area contributed by atoms with Gasteiger partial charge >= 0.3 is 0 Å². The maximum absolute atomic E-state index is 12.0. The Morgan fingerprint density at radius 2 is 1.97 bits per heavy atom. The minimum absolute atomic E-state index is 0.0211. The number of likely N-dealkylation sites (tertiary alicyclic amines) is 1. The van der Waals surface area contributed by atoms with Crippen LogP contribution in [0.3, 0.4) is 0 Å². The molecule has 0 spiro atoms. The first-order valence-corrected chi connectivity index (χ1v) is 11.7. The fourth-order valence-corrected chi connectivity index (χ4v) is 4.80. The number of piperidine rings is 1. The molecule has 5 heteroatoms. The molecular weight excluding hydrogens is 376 g/mol. The van der Waals surface area contributed by atoms with E-state index in [1.807, 2.05) is 0 Å². The summed E-state index contributed by atoms with van der Waals surface area (Å²) in [5.74, 6) is 2.02. The van der Waals surface area contributed by atoms with Crippen LogP contribution < -0.4 is 4.74 Å². The van der Waals surface area contributed by atoms with Crippen molar-refractivity contribution >= 4 is 5.78 Å². The summed E-state index contributed by atoms with van der Waals surface area (Å²) in [6.07, 6.45) is 14.7. The summed E-state index contributed by atoms with van der Waals surface area (Å²) < 4.78 is 11.3. The van der Waals surface area contributed by atoms with E-state index in [2.05, 4.69) is 34.1 Å². The Kier molecular flexibility index (Phi) is 7.57. The third kappa shape index (κ3) is 6.18. The number of aromatic nitrogens is 1. The number of nitrogens with zero attached hydrogens (tertiary/aromatic N) is 2. The van der Waals surface area contributed by atoms with Crippen LogP contribution in [-0.2, 0) is 6.54 Å². The number of hydrogen-bond donors (Lipinski definition) is 0. The van der Waals surface area contributed by atoms with Gasteiger partial charge in [0.25, 0.3) is 5.89 Å². The number of carbonyl (C=O) groups excluding carboxylic acids is 1. The molecule has 2 heterocycles. The summed E-state index contributed by atoms with van der Waals surface area (Å²) in [6, 6.07) is 8.68. The van der Waals surface area contributed by atoms with Gasteiger partial charge in [-0.3, -0.25) is 9.69 Å². The topological polar surface area (TPSA) is 55.6 Å². The number of benzene rings is 1. The Bertz CT molecular complexity index is 775. The maximum atomic E-state index is 12.0. The zero-order valence-corrected chi connectivity index (χ0v) is 17.9. The number of hydrogen-bond acceptors (Lipinski definition) is 5. The molecule has 2 aliphatic rings. The molecule has 30 heavy (non-hydrogen) atoms. The fourth-order valence-electron chi connectivity index (χ4n) is 4.80. The number of Topliss-reactive ketones (excluding diaryl/α,β-unsaturated/α-hetero) is 1. The van der Waals surface area contributed by atoms with Crippen LogP contribution >= 0.6 is 0 Å². The van der Waals surface area contributed by atoms with Gasteiger partial charge in [0.05, 0.1) is 12.3 Å². The van der Waals surface area contributed by atoms with Gasteiger partial charge in [-0.2, -0.15) is 0 Å². The van der Waals surface area contributed by atoms with Gasteiger partial charge in [0, 0.05) is 13.0 Å². The van der Waals surface area contributed by atoms with Crippen LogP contribution in [0.15, 0.2) is 41.1 Å². The van der Waals surface area contributed by atoms with Crippen molar-refractivity contribution in [3.05, 3.63) is 48.2 Å². The monoisotopic (exact) mass is 410 g/mol. The first kappa shape index (κ1) is 21.1. The highest BCUT2D eigenvalue weighted by atomic mass is 16.5. The van der Waals surface area contributed by atoms with Gasteiger partial charge in [-0.1, -0.05) is 18.6 Å². The lowest BCUT2D eigenvalue weighted by molar-refractivity contribution is 0.0940. The lowest BCUT2D eigenvalue weighted by Gasteiger charge is -2.32. The third-order valence-corrected chi connectivity index (χ3v) is 6.55. The predicted molar refractivity (Wildman–Crippen MR) is 117 cm³/mol. The lowest BCUT2D eigenvalue weighted by atomic mass is 9.91. The molecule has 4 rings (SSSR count). The summed E-state index contributed by atoms with van der Waals surface area (Å²) >= 11 is 0. The van der Waals surface area contributed by atoms with Crippen molar-refractivity contribution in [3.8, 4) is 5.75 Å². The van der Waals surface area contributed by atoms with Crippen molar-refractivity contribution in [2.24, 2.45) is 5.92 Å². The molecule has 1 aliphatic carbocycles. The van der Waals surface area contributed by atoms with Gasteiger partial charge in [0.15, 0.2) is 0 Å². The van der Waals surface area contributed by atoms with Crippen molar-refractivity contribution in [1.29, 1.82) is 0 Å². The van der Waals surface area contributed by atoms with E-state index < -0.39 is 0 Å². The van der Waals surface area contributed by atoms with E-state index in [0.29, 0.717) is 12.5 Å². The highest BCUT2D eigenvalue weighted by Crippen LogP contribution is 2.26. The number of ether oxygens (including phenoxy) is 1. The predicted octanol–water partition coefficient (Wildman–Crippen LogP) is 5.65. The van der Waals surface area contributed by atoms with E-state index in [9.17, 15) is 4.79 Å². The van der Waals surface area contributed by atoms with Crippen molar-refractivity contribution in [1.82, 2.24) is 9.88 Å². The SMILES string of the molecule is O=C(CCCC1CCN(Cc2cccc(OC3CCCCC3)c2)CC1)c1ncco1. The summed E-state index contributed by atoms with van der Waals surface area (Å²) in [7, 11) is 0. The van der Waals surface area contributed by atoms with Crippen molar-refractivity contribution in [3.63, 3.8) is 0 Å². The Labute approximate surface area is 179 Å². The van der Waals surface area contributed by atoms with Crippen LogP contribution in [0.5, 0.6) is 5.75 Å². The van der Waals surface area contributed by atoms with E-state index >= 15 is 0 Å². The molecule has 1 aromatic heterocycles. The highest BCUT2D eigenvalue weighted by molar-refractivity contribution is 5.91. The standard InChI is InChI=1S/C25H34N2O3/c28-24(25-26-14-17-29-25)11-5-6-20-12-15-27(16-13-20)19-21-7-4-10-23(18-21)30-22-8-2-1-3-9-22/h4,7,10,14,17-18,20,22H,1-3,5-6,8-9,11-13,15-16,19H2. The summed E-state index contributed by atoms with van der Waals surface area (Å²) in [4.78, 5) is 18.5. The average Bonchev–Trinajstić information content (AvgIpc) is 3.31. The Morgan fingerprint density at radius 1 is 1.13 bits per heavy atom. The average molecular weight is 411 g/mol. The van der Waals surface area contributed by atoms with Gasteiger partial charge < -0.3 is 9.15 Å². The molecule has 0 atom stereocenters. The molecule has 1 aromatic carbocycles. The molecule has 1 aliphatic heterocycles. The van der Waals surface area contributed by atoms with Crippen LogP contribution in [0, 0.1) is 5.92 Å². The molecule has 2 aromatic rings. The number of ketones is 1. The summed E-state index contributed by atoms with van der Waals surface area (Å²) in [5.41, 5.74) is 1.35. The number of carbonyl (C=O) groups is 1. The van der Waals surface area contributed by atoms with E-state index in [-0.39, 0.29) is 11.7 Å². The van der Waals surface area contributed by atoms with Gasteiger partial charge in [-0.25, -0.2) is 4.98 Å². The molecule has 2 fully saturated rings. The Hall–Kier alpha value is -2.14. The quantitative estimate of drug-likeness (QED) is 0.500. The second-order valence-corrected chi connectivity index (χ2v) is 8.90. The Balaban J connectivity index is 1.16. The first-order chi connectivity index (χ1) is 14.8. The minimum atomic E-state index is 0.0211. The molecule has 1 saturated heterocycles. The summed E-state index contributed by atoms with van der Waals surface area (Å²) in [6.45, 7) is 3.26. The number of rotatable bonds is 9. The summed E-state index contributed by atoms with van der Waals surface area (Å²) in [5, 5.41) is 0. The van der Waals surface area contributed by atoms with Crippen LogP contribution in [0.4, 0.5) is 0 Å². The van der Waals surface area contributed by atoms with Crippen molar-refractivity contribution < 1.29 is 13.9 Å². The van der Waals surface area contributed by atoms with Gasteiger partial charge in [0.2, 0.25) is 5.78 Å². The second-order valence-electron chi connectivity index (χ2n) is 8.90. The zero-order valence-electron chi connectivity index (χ0n) is 17.9. The third-order valence-electron chi connectivity index (χ3n) is 6.55. The van der Waals surface area contributed by atoms with E-state index in [1.54, 1.807) is 0 Å². The van der Waals surface area contributed by atoms with Crippen LogP contribution in [0.1, 0.15) is 80.5 Å². The molecule has 0 amide bonds. The number of oxazole rings is 1. The highest BCUT2D eigenvalue weighted by Gasteiger charge is 2.20. The van der Waals surface area contributed by atoms with Gasteiger partial charge in [0.1, 0.15) is 12.0 Å². The molecule has 0 N–H and O–H groups in total. The van der Waals surface area contributed by atoms with Gasteiger partial charge in [-0.15, -0.1) is 0 Å². The maximum Gasteiger partial charge on any atom is 0.263 e. The van der Waals surface area contributed by atoms with Gasteiger partial charge in [-0.05, 0) is 88.1 Å². The molecule has 162 valence electrons. The van der Waals surface area contributed by atoms with E-state index in [0.717, 1.165) is 44.1 Å². The van der Waals surface area contributed by atoms with Crippen molar-refractivity contribution in [2.75, 3.05) is 13.1 Å². The molecule has 0 unspecified atom stereocenters. The van der Waals surface area contributed by atoms with Crippen LogP contribution in [-0.4, -0.2) is 34.9 Å². The largest absolute Gasteiger partial charge is 0.490 e. The molecule has 0 bridgehead atoms. The van der Waals surface area contributed by atoms with E-state index in [4.69, 9.17) is 9.15 Å². The van der Waals surface area contributed by atoms with Crippen LogP contribution in [0.25, 0.3) is 0 Å². The normalized spacial score (nSPS) is 19.1. The zero-order chi connectivity index (χ0) is 20.6. The second kappa shape index (κ2) is 10.8. The van der Waals surface area contributed by atoms with E-state index in [1.165, 1.54) is 63.0 Å². The van der Waals surface area contributed by atoms with Crippen LogP contribution in [0.2, 0.25) is 0 Å². The fraction of sp³-hybridized carbons (Fsp3) is 0.600. The molecular formula is C25H34N2O3. The lowest BCUT2D eigenvalue weighted by Crippen LogP contribution is -2.33. The molecule has 0 radical (unpaired) electrons. The van der Waals surface area contributed by atoms with Crippen molar-refractivity contribution in [2.45, 2.75) is 76.9 Å². The molecule has 1 saturated carbocycles. The minimum Gasteiger partial charge on any atom is -0.490 e. The molecule has 5 nitrogen and oxygen atoms in total. The smallest absolute Gasteiger partial charge is 0.263 e.